The first-order valence-corrected chi connectivity index (χ1v) is 9.43. The average Bonchev–Trinajstić information content (AvgIpc) is 3.18. The van der Waals surface area contributed by atoms with Gasteiger partial charge in [-0.1, -0.05) is 38.1 Å². The molecule has 0 fully saturated rings. The van der Waals surface area contributed by atoms with E-state index in [2.05, 4.69) is 28.1 Å². The van der Waals surface area contributed by atoms with Crippen molar-refractivity contribution in [3.63, 3.8) is 0 Å². The Hall–Kier alpha value is -2.60. The van der Waals surface area contributed by atoms with Crippen molar-refractivity contribution in [2.45, 2.75) is 51.9 Å². The zero-order chi connectivity index (χ0) is 19.2. The van der Waals surface area contributed by atoms with Gasteiger partial charge in [0.2, 0.25) is 11.8 Å². The molecular formula is C21H27N3O3. The van der Waals surface area contributed by atoms with Crippen LogP contribution in [0.15, 0.2) is 47.1 Å². The summed E-state index contributed by atoms with van der Waals surface area (Å²) in [6, 6.07) is 10.8. The smallest absolute Gasteiger partial charge is 0.242 e. The van der Waals surface area contributed by atoms with Gasteiger partial charge < -0.3 is 20.4 Å². The average molecular weight is 369 g/mol. The van der Waals surface area contributed by atoms with E-state index in [9.17, 15) is 9.59 Å². The molecule has 2 atom stereocenters. The van der Waals surface area contributed by atoms with Crippen LogP contribution < -0.4 is 16.0 Å². The van der Waals surface area contributed by atoms with Crippen LogP contribution >= 0.6 is 0 Å². The van der Waals surface area contributed by atoms with E-state index in [1.165, 1.54) is 11.1 Å². The molecule has 144 valence electrons. The molecule has 6 heteroatoms. The highest BCUT2D eigenvalue weighted by Crippen LogP contribution is 2.16. The van der Waals surface area contributed by atoms with Crippen molar-refractivity contribution in [1.29, 1.82) is 0 Å². The fourth-order valence-corrected chi connectivity index (χ4v) is 3.33. The molecule has 1 aliphatic rings. The number of fused-ring (bicyclic) bond motifs is 1. The molecule has 1 aromatic heterocycles. The number of hydrogen-bond donors (Lipinski definition) is 3. The Bertz CT molecular complexity index is 771. The largest absolute Gasteiger partial charge is 0.467 e. The Morgan fingerprint density at radius 3 is 2.67 bits per heavy atom. The molecule has 6 nitrogen and oxygen atoms in total. The Kier molecular flexibility index (Phi) is 6.29. The van der Waals surface area contributed by atoms with Gasteiger partial charge in [0, 0.05) is 6.54 Å². The number of amides is 2. The lowest BCUT2D eigenvalue weighted by atomic mass is 9.95. The number of carbonyl (C=O) groups excluding carboxylic acids is 2. The number of rotatable bonds is 7. The van der Waals surface area contributed by atoms with Crippen LogP contribution in [0.25, 0.3) is 0 Å². The molecule has 3 rings (SSSR count). The Balaban J connectivity index is 1.60. The van der Waals surface area contributed by atoms with Crippen LogP contribution in [0.5, 0.6) is 0 Å². The summed E-state index contributed by atoms with van der Waals surface area (Å²) in [7, 11) is 0. The highest BCUT2D eigenvalue weighted by molar-refractivity contribution is 5.90. The van der Waals surface area contributed by atoms with Crippen LogP contribution in [-0.4, -0.2) is 23.9 Å². The van der Waals surface area contributed by atoms with Crippen molar-refractivity contribution in [3.05, 3.63) is 59.5 Å². The van der Waals surface area contributed by atoms with Crippen molar-refractivity contribution >= 4 is 11.8 Å². The zero-order valence-electron chi connectivity index (χ0n) is 15.8. The van der Waals surface area contributed by atoms with Gasteiger partial charge in [-0.05, 0) is 42.0 Å². The zero-order valence-corrected chi connectivity index (χ0v) is 15.8. The third-order valence-corrected chi connectivity index (χ3v) is 4.75. The minimum atomic E-state index is -0.563. The minimum Gasteiger partial charge on any atom is -0.467 e. The van der Waals surface area contributed by atoms with Crippen LogP contribution in [0.4, 0.5) is 0 Å². The second kappa shape index (κ2) is 8.86. The molecule has 1 aliphatic heterocycles. The molecule has 0 saturated carbocycles. The minimum absolute atomic E-state index is 0.136. The molecule has 2 heterocycles. The molecule has 2 amide bonds. The van der Waals surface area contributed by atoms with Crippen LogP contribution in [-0.2, 0) is 29.1 Å². The summed E-state index contributed by atoms with van der Waals surface area (Å²) >= 11 is 0. The molecule has 0 bridgehead atoms. The fraction of sp³-hybridized carbons (Fsp3) is 0.429. The number of furan rings is 1. The van der Waals surface area contributed by atoms with Crippen molar-refractivity contribution in [2.24, 2.45) is 5.92 Å². The lowest BCUT2D eigenvalue weighted by Gasteiger charge is -2.27. The monoisotopic (exact) mass is 369 g/mol. The van der Waals surface area contributed by atoms with E-state index in [0.717, 1.165) is 0 Å². The van der Waals surface area contributed by atoms with Gasteiger partial charge in [-0.25, -0.2) is 0 Å². The van der Waals surface area contributed by atoms with Crippen LogP contribution in [0.3, 0.4) is 0 Å². The number of hydrogen-bond acceptors (Lipinski definition) is 4. The fourth-order valence-electron chi connectivity index (χ4n) is 3.33. The molecule has 0 saturated heterocycles. The summed E-state index contributed by atoms with van der Waals surface area (Å²) in [4.78, 5) is 25.4. The maximum absolute atomic E-state index is 12.8. The molecule has 3 N–H and O–H groups in total. The molecule has 0 aliphatic carbocycles. The van der Waals surface area contributed by atoms with Gasteiger partial charge in [0.25, 0.3) is 0 Å². The lowest BCUT2D eigenvalue weighted by molar-refractivity contribution is -0.130. The molecule has 0 spiro atoms. The van der Waals surface area contributed by atoms with Crippen LogP contribution in [0.2, 0.25) is 0 Å². The molecule has 0 unspecified atom stereocenters. The topological polar surface area (TPSA) is 83.4 Å². The summed E-state index contributed by atoms with van der Waals surface area (Å²) in [6.07, 6.45) is 2.78. The summed E-state index contributed by atoms with van der Waals surface area (Å²) in [5, 5.41) is 9.05. The molecule has 0 radical (unpaired) electrons. The quantitative estimate of drug-likeness (QED) is 0.698. The van der Waals surface area contributed by atoms with Crippen molar-refractivity contribution in [1.82, 2.24) is 16.0 Å². The second-order valence-corrected chi connectivity index (χ2v) is 7.39. The van der Waals surface area contributed by atoms with E-state index in [1.807, 2.05) is 26.0 Å². The number of nitrogens with one attached hydrogen (secondary N) is 3. The summed E-state index contributed by atoms with van der Waals surface area (Å²) in [6.45, 7) is 5.04. The normalized spacial score (nSPS) is 17.2. The standard InChI is InChI=1S/C21H27N3O3/c1-14(2)10-19(20(25)23-13-17-8-5-9-27-17)24-21(26)18-11-15-6-3-4-7-16(15)12-22-18/h3-9,14,18-19,22H,10-13H2,1-2H3,(H,23,25)(H,24,26)/t18-,19-/m0/s1. The molecule has 1 aromatic carbocycles. The maximum atomic E-state index is 12.8. The van der Waals surface area contributed by atoms with E-state index in [0.29, 0.717) is 31.7 Å². The first-order valence-electron chi connectivity index (χ1n) is 9.43. The van der Waals surface area contributed by atoms with Crippen molar-refractivity contribution in [2.75, 3.05) is 0 Å². The first-order chi connectivity index (χ1) is 13.0. The van der Waals surface area contributed by atoms with Gasteiger partial charge in [0.05, 0.1) is 18.8 Å². The summed E-state index contributed by atoms with van der Waals surface area (Å²) < 4.78 is 5.24. The molecule has 27 heavy (non-hydrogen) atoms. The predicted octanol–water partition coefficient (Wildman–Crippen LogP) is 2.14. The number of carbonyl (C=O) groups is 2. The Labute approximate surface area is 159 Å². The Morgan fingerprint density at radius 1 is 1.19 bits per heavy atom. The lowest BCUT2D eigenvalue weighted by Crippen LogP contribution is -2.54. The SMILES string of the molecule is CC(C)C[C@H](NC(=O)[C@@H]1Cc2ccccc2CN1)C(=O)NCc1ccco1. The van der Waals surface area contributed by atoms with E-state index >= 15 is 0 Å². The molecular weight excluding hydrogens is 342 g/mol. The van der Waals surface area contributed by atoms with Gasteiger partial charge in [0.1, 0.15) is 11.8 Å². The Morgan fingerprint density at radius 2 is 1.96 bits per heavy atom. The summed E-state index contributed by atoms with van der Waals surface area (Å²) in [5.41, 5.74) is 2.40. The highest BCUT2D eigenvalue weighted by Gasteiger charge is 2.28. The van der Waals surface area contributed by atoms with Crippen molar-refractivity contribution in [3.8, 4) is 0 Å². The third kappa shape index (κ3) is 5.20. The van der Waals surface area contributed by atoms with Crippen LogP contribution in [0, 0.1) is 5.92 Å². The summed E-state index contributed by atoms with van der Waals surface area (Å²) in [5.74, 6) is 0.640. The van der Waals surface area contributed by atoms with E-state index in [4.69, 9.17) is 4.42 Å². The van der Waals surface area contributed by atoms with Crippen molar-refractivity contribution < 1.29 is 14.0 Å². The van der Waals surface area contributed by atoms with Gasteiger partial charge in [-0.3, -0.25) is 9.59 Å². The van der Waals surface area contributed by atoms with Crippen LogP contribution in [0.1, 0.15) is 37.2 Å². The van der Waals surface area contributed by atoms with Gasteiger partial charge >= 0.3 is 0 Å². The van der Waals surface area contributed by atoms with Gasteiger partial charge in [0.15, 0.2) is 0 Å². The van der Waals surface area contributed by atoms with Gasteiger partial charge in [-0.2, -0.15) is 0 Å². The van der Waals surface area contributed by atoms with Gasteiger partial charge in [-0.15, -0.1) is 0 Å². The van der Waals surface area contributed by atoms with E-state index in [1.54, 1.807) is 18.4 Å². The predicted molar refractivity (Wildman–Crippen MR) is 103 cm³/mol. The second-order valence-electron chi connectivity index (χ2n) is 7.39. The molecule has 2 aromatic rings. The maximum Gasteiger partial charge on any atom is 0.242 e. The first kappa shape index (κ1) is 19.2. The third-order valence-electron chi connectivity index (χ3n) is 4.75. The highest BCUT2D eigenvalue weighted by atomic mass is 16.3. The van der Waals surface area contributed by atoms with E-state index in [-0.39, 0.29) is 23.8 Å². The number of benzene rings is 1. The van der Waals surface area contributed by atoms with E-state index < -0.39 is 6.04 Å².